The lowest BCUT2D eigenvalue weighted by atomic mass is 9.99. The van der Waals surface area contributed by atoms with Crippen molar-refractivity contribution in [2.24, 2.45) is 0 Å². The highest BCUT2D eigenvalue weighted by Gasteiger charge is 2.45. The van der Waals surface area contributed by atoms with Gasteiger partial charge in [0.05, 0.1) is 12.0 Å². The number of hydrogen-bond donors (Lipinski definition) is 7. The van der Waals surface area contributed by atoms with Crippen molar-refractivity contribution < 1.29 is 49.6 Å². The Labute approximate surface area is 179 Å². The highest BCUT2D eigenvalue weighted by molar-refractivity contribution is 5.83. The van der Waals surface area contributed by atoms with Crippen molar-refractivity contribution in [2.75, 3.05) is 6.61 Å². The fourth-order valence-electron chi connectivity index (χ4n) is 3.41. The Morgan fingerprint density at radius 3 is 2.34 bits per heavy atom. The molecule has 0 unspecified atom stereocenters. The fraction of sp³-hybridized carbons (Fsp3) is 0.286. The minimum atomic E-state index is -1.79. The minimum absolute atomic E-state index is 0.00846. The molecule has 0 spiro atoms. The van der Waals surface area contributed by atoms with Crippen LogP contribution in [0.4, 0.5) is 0 Å². The predicted octanol–water partition coefficient (Wildman–Crippen LogP) is -0.244. The molecule has 1 aromatic heterocycles. The second kappa shape index (κ2) is 8.30. The molecule has 11 heteroatoms. The largest absolute Gasteiger partial charge is 0.508 e. The molecule has 7 N–H and O–H groups in total. The van der Waals surface area contributed by atoms with Crippen LogP contribution in [-0.4, -0.2) is 73.1 Å². The van der Waals surface area contributed by atoms with Crippen LogP contribution in [0.1, 0.15) is 0 Å². The maximum atomic E-state index is 13.2. The van der Waals surface area contributed by atoms with Crippen molar-refractivity contribution in [3.05, 3.63) is 46.6 Å². The van der Waals surface area contributed by atoms with Gasteiger partial charge in [-0.05, 0) is 30.3 Å². The van der Waals surface area contributed by atoms with Gasteiger partial charge in [-0.3, -0.25) is 4.79 Å². The Kier molecular flexibility index (Phi) is 5.67. The SMILES string of the molecule is O=c1c(O[C@H]2O[C@@H](CO)[C@H](O)[C@H](O)[C@H]2O)c(-c2ccc(O)c(O)c2)oc2cc(O)ccc12. The zero-order valence-corrected chi connectivity index (χ0v) is 16.3. The van der Waals surface area contributed by atoms with Gasteiger partial charge in [-0.15, -0.1) is 0 Å². The molecule has 2 heterocycles. The molecule has 5 atom stereocenters. The highest BCUT2D eigenvalue weighted by Crippen LogP contribution is 2.37. The van der Waals surface area contributed by atoms with E-state index < -0.39 is 60.0 Å². The number of ether oxygens (including phenoxy) is 2. The molecule has 0 saturated carbocycles. The number of aliphatic hydroxyl groups is 4. The summed E-state index contributed by atoms with van der Waals surface area (Å²) in [4.78, 5) is 13.2. The molecule has 32 heavy (non-hydrogen) atoms. The molecular formula is C21H20O11. The molecule has 0 aliphatic carbocycles. The molecule has 3 aromatic rings. The molecule has 1 aliphatic heterocycles. The van der Waals surface area contributed by atoms with Crippen LogP contribution in [0, 0.1) is 0 Å². The Bertz CT molecular complexity index is 1200. The lowest BCUT2D eigenvalue weighted by Crippen LogP contribution is -2.60. The Morgan fingerprint density at radius 2 is 1.66 bits per heavy atom. The molecule has 0 bridgehead atoms. The molecule has 1 fully saturated rings. The first kappa shape index (κ1) is 21.9. The van der Waals surface area contributed by atoms with Gasteiger partial charge < -0.3 is 49.6 Å². The monoisotopic (exact) mass is 448 g/mol. The van der Waals surface area contributed by atoms with Crippen molar-refractivity contribution in [3.8, 4) is 34.3 Å². The summed E-state index contributed by atoms with van der Waals surface area (Å²) in [5, 5.41) is 68.8. The first-order valence-electron chi connectivity index (χ1n) is 9.50. The van der Waals surface area contributed by atoms with E-state index in [-0.39, 0.29) is 28.0 Å². The number of phenolic OH excluding ortho intramolecular Hbond substituents is 3. The van der Waals surface area contributed by atoms with E-state index in [9.17, 15) is 40.5 Å². The topological polar surface area (TPSA) is 190 Å². The van der Waals surface area contributed by atoms with Crippen LogP contribution in [0.5, 0.6) is 23.0 Å². The average molecular weight is 448 g/mol. The van der Waals surface area contributed by atoms with Gasteiger partial charge in [0, 0.05) is 11.6 Å². The van der Waals surface area contributed by atoms with Crippen LogP contribution in [0.3, 0.4) is 0 Å². The number of aliphatic hydroxyl groups excluding tert-OH is 4. The van der Waals surface area contributed by atoms with Crippen molar-refractivity contribution in [1.82, 2.24) is 0 Å². The number of rotatable bonds is 4. The summed E-state index contributed by atoms with van der Waals surface area (Å²) in [6.45, 7) is -0.699. The predicted molar refractivity (Wildman–Crippen MR) is 107 cm³/mol. The van der Waals surface area contributed by atoms with Crippen molar-refractivity contribution in [1.29, 1.82) is 0 Å². The lowest BCUT2D eigenvalue weighted by molar-refractivity contribution is -0.277. The van der Waals surface area contributed by atoms with Crippen molar-refractivity contribution in [2.45, 2.75) is 30.7 Å². The molecule has 1 aliphatic rings. The van der Waals surface area contributed by atoms with E-state index in [1.807, 2.05) is 0 Å². The zero-order valence-electron chi connectivity index (χ0n) is 16.3. The van der Waals surface area contributed by atoms with Gasteiger partial charge in [0.2, 0.25) is 17.5 Å². The lowest BCUT2D eigenvalue weighted by Gasteiger charge is -2.39. The van der Waals surface area contributed by atoms with E-state index in [2.05, 4.69) is 0 Å². The normalized spacial score (nSPS) is 25.7. The van der Waals surface area contributed by atoms with E-state index in [0.717, 1.165) is 12.1 Å². The second-order valence-corrected chi connectivity index (χ2v) is 7.29. The van der Waals surface area contributed by atoms with Crippen LogP contribution in [0.2, 0.25) is 0 Å². The molecule has 2 aromatic carbocycles. The summed E-state index contributed by atoms with van der Waals surface area (Å²) in [5.74, 6) is -1.83. The molecule has 0 amide bonds. The number of fused-ring (bicyclic) bond motifs is 1. The molecule has 11 nitrogen and oxygen atoms in total. The smallest absolute Gasteiger partial charge is 0.235 e. The second-order valence-electron chi connectivity index (χ2n) is 7.29. The van der Waals surface area contributed by atoms with Crippen LogP contribution >= 0.6 is 0 Å². The summed E-state index contributed by atoms with van der Waals surface area (Å²) in [6.07, 6.45) is -8.10. The van der Waals surface area contributed by atoms with Crippen LogP contribution < -0.4 is 10.2 Å². The van der Waals surface area contributed by atoms with E-state index in [1.165, 1.54) is 24.3 Å². The van der Waals surface area contributed by atoms with Gasteiger partial charge in [-0.2, -0.15) is 0 Å². The van der Waals surface area contributed by atoms with Crippen molar-refractivity contribution >= 4 is 11.0 Å². The van der Waals surface area contributed by atoms with Gasteiger partial charge in [0.15, 0.2) is 17.3 Å². The maximum Gasteiger partial charge on any atom is 0.235 e. The highest BCUT2D eigenvalue weighted by atomic mass is 16.7. The number of aromatic hydroxyl groups is 3. The van der Waals surface area contributed by atoms with E-state index >= 15 is 0 Å². The molecule has 0 radical (unpaired) electrons. The van der Waals surface area contributed by atoms with Crippen molar-refractivity contribution in [3.63, 3.8) is 0 Å². The fourth-order valence-corrected chi connectivity index (χ4v) is 3.41. The van der Waals surface area contributed by atoms with E-state index in [1.54, 1.807) is 0 Å². The third-order valence-electron chi connectivity index (χ3n) is 5.15. The summed E-state index contributed by atoms with van der Waals surface area (Å²) in [6, 6.07) is 7.30. The Morgan fingerprint density at radius 1 is 0.906 bits per heavy atom. The number of phenols is 3. The van der Waals surface area contributed by atoms with Gasteiger partial charge in [-0.25, -0.2) is 0 Å². The van der Waals surface area contributed by atoms with Crippen LogP contribution in [-0.2, 0) is 4.74 Å². The van der Waals surface area contributed by atoms with Gasteiger partial charge in [0.1, 0.15) is 35.7 Å². The van der Waals surface area contributed by atoms with E-state index in [4.69, 9.17) is 13.9 Å². The number of hydrogen-bond acceptors (Lipinski definition) is 11. The van der Waals surface area contributed by atoms with E-state index in [0.29, 0.717) is 0 Å². The first-order chi connectivity index (χ1) is 15.2. The third-order valence-corrected chi connectivity index (χ3v) is 5.15. The number of benzene rings is 2. The maximum absolute atomic E-state index is 13.2. The summed E-state index contributed by atoms with van der Waals surface area (Å²) >= 11 is 0. The van der Waals surface area contributed by atoms with Gasteiger partial charge in [0.25, 0.3) is 0 Å². The summed E-state index contributed by atoms with van der Waals surface area (Å²) in [5.41, 5.74) is -0.647. The molecule has 4 rings (SSSR count). The molecule has 1 saturated heterocycles. The molecular weight excluding hydrogens is 428 g/mol. The zero-order chi connectivity index (χ0) is 23.2. The quantitative estimate of drug-likeness (QED) is 0.261. The minimum Gasteiger partial charge on any atom is -0.508 e. The average Bonchev–Trinajstić information content (AvgIpc) is 2.77. The molecule has 170 valence electrons. The van der Waals surface area contributed by atoms with Gasteiger partial charge >= 0.3 is 0 Å². The first-order valence-corrected chi connectivity index (χ1v) is 9.50. The summed E-state index contributed by atoms with van der Waals surface area (Å²) in [7, 11) is 0. The third kappa shape index (κ3) is 3.72. The standard InChI is InChI=1S/C21H20O11/c22-7-14-16(27)17(28)18(29)21(31-14)32-20-15(26)10-3-2-9(23)6-13(10)30-19(20)8-1-4-11(24)12(25)5-8/h1-6,14,16-18,21-25,27-29H,7H2/t14-,16-,17-,18+,21+/m0/s1. The van der Waals surface area contributed by atoms with Crippen LogP contribution in [0.25, 0.3) is 22.3 Å². The van der Waals surface area contributed by atoms with Gasteiger partial charge in [-0.1, -0.05) is 0 Å². The van der Waals surface area contributed by atoms with Crippen LogP contribution in [0.15, 0.2) is 45.6 Å². The summed E-state index contributed by atoms with van der Waals surface area (Å²) < 4.78 is 16.6. The Hall–Kier alpha value is -3.35. The Balaban J connectivity index is 1.87.